The third-order valence-electron chi connectivity index (χ3n) is 4.09. The second-order valence-electron chi connectivity index (χ2n) is 7.02. The van der Waals surface area contributed by atoms with Crippen LogP contribution >= 0.6 is 0 Å². The Labute approximate surface area is 145 Å². The molecule has 1 aliphatic heterocycles. The predicted molar refractivity (Wildman–Crippen MR) is 93.8 cm³/mol. The first kappa shape index (κ1) is 17.2. The lowest BCUT2D eigenvalue weighted by molar-refractivity contribution is 0.0240. The molecule has 136 valence electrons. The number of rotatable bonds is 2. The Hall–Kier alpha value is -2.58. The van der Waals surface area contributed by atoms with Gasteiger partial charge in [0.2, 0.25) is 0 Å². The smallest absolute Gasteiger partial charge is 0.410 e. The Kier molecular flexibility index (Phi) is 4.40. The van der Waals surface area contributed by atoms with Crippen LogP contribution in [0.5, 0.6) is 0 Å². The Morgan fingerprint density at radius 2 is 1.92 bits per heavy atom. The third-order valence-corrected chi connectivity index (χ3v) is 4.09. The van der Waals surface area contributed by atoms with Crippen LogP contribution in [0.25, 0.3) is 11.2 Å². The normalized spacial score (nSPS) is 15.7. The summed E-state index contributed by atoms with van der Waals surface area (Å²) in [6, 6.07) is 0. The van der Waals surface area contributed by atoms with Crippen LogP contribution < -0.4 is 10.6 Å². The van der Waals surface area contributed by atoms with Crippen molar-refractivity contribution >= 4 is 23.1 Å². The molecule has 1 saturated heterocycles. The summed E-state index contributed by atoms with van der Waals surface area (Å²) in [6.07, 6.45) is 1.15. The van der Waals surface area contributed by atoms with E-state index in [9.17, 15) is 9.59 Å². The molecule has 1 aliphatic rings. The van der Waals surface area contributed by atoms with Gasteiger partial charge in [0.05, 0.1) is 0 Å². The molecule has 0 aliphatic carbocycles. The number of aromatic nitrogens is 4. The van der Waals surface area contributed by atoms with E-state index < -0.39 is 5.60 Å². The molecule has 2 aromatic heterocycles. The zero-order chi connectivity index (χ0) is 18.2. The number of imidazole rings is 1. The van der Waals surface area contributed by atoms with Crippen molar-refractivity contribution in [2.24, 2.45) is 0 Å². The highest BCUT2D eigenvalue weighted by Gasteiger charge is 2.27. The fraction of sp³-hybridized carbons (Fsp3) is 0.625. The van der Waals surface area contributed by atoms with E-state index in [-0.39, 0.29) is 11.8 Å². The van der Waals surface area contributed by atoms with Gasteiger partial charge in [-0.3, -0.25) is 9.55 Å². The number of aryl methyl sites for hydroxylation is 1. The molecule has 0 atom stereocenters. The molecular weight excluding hydrogens is 324 g/mol. The topological polar surface area (TPSA) is 96.4 Å². The van der Waals surface area contributed by atoms with Crippen LogP contribution in [0.3, 0.4) is 0 Å². The number of hydrogen-bond donors (Lipinski definition) is 1. The molecule has 0 aromatic carbocycles. The lowest BCUT2D eigenvalue weighted by atomic mass is 10.2. The molecule has 3 rings (SSSR count). The predicted octanol–water partition coefficient (Wildman–Crippen LogP) is 1.20. The average Bonchev–Trinajstić information content (AvgIpc) is 2.88. The van der Waals surface area contributed by atoms with E-state index >= 15 is 0 Å². The largest absolute Gasteiger partial charge is 0.444 e. The average molecular weight is 348 g/mol. The molecule has 1 N–H and O–H groups in total. The Balaban J connectivity index is 1.79. The van der Waals surface area contributed by atoms with Gasteiger partial charge in [-0.25, -0.2) is 19.6 Å². The number of nitrogens with one attached hydrogen (secondary N) is 1. The molecule has 0 spiro atoms. The fourth-order valence-electron chi connectivity index (χ4n) is 2.94. The van der Waals surface area contributed by atoms with Crippen LogP contribution in [0, 0.1) is 0 Å². The van der Waals surface area contributed by atoms with E-state index in [2.05, 4.69) is 19.9 Å². The first-order valence-corrected chi connectivity index (χ1v) is 8.46. The lowest BCUT2D eigenvalue weighted by Crippen LogP contribution is -2.50. The van der Waals surface area contributed by atoms with E-state index in [4.69, 9.17) is 4.74 Å². The summed E-state index contributed by atoms with van der Waals surface area (Å²) in [5.41, 5.74) is 0.550. The number of H-pyrrole nitrogens is 1. The second-order valence-corrected chi connectivity index (χ2v) is 7.02. The van der Waals surface area contributed by atoms with Gasteiger partial charge in [-0.05, 0) is 27.7 Å². The SMILES string of the molecule is CCn1c(=O)[nH]c2ncnc(N3CCN(C(=O)OC(C)(C)C)CC3)c21. The molecule has 1 fully saturated rings. The number of anilines is 1. The van der Waals surface area contributed by atoms with Gasteiger partial charge in [0.15, 0.2) is 11.5 Å². The maximum atomic E-state index is 12.2. The van der Waals surface area contributed by atoms with Crippen molar-refractivity contribution in [1.82, 2.24) is 24.4 Å². The highest BCUT2D eigenvalue weighted by molar-refractivity contribution is 5.83. The van der Waals surface area contributed by atoms with Crippen LogP contribution in [0.4, 0.5) is 10.6 Å². The van der Waals surface area contributed by atoms with Crippen LogP contribution in [0.1, 0.15) is 27.7 Å². The monoisotopic (exact) mass is 348 g/mol. The van der Waals surface area contributed by atoms with E-state index in [1.54, 1.807) is 9.47 Å². The second kappa shape index (κ2) is 6.38. The van der Waals surface area contributed by atoms with E-state index in [1.807, 2.05) is 27.7 Å². The lowest BCUT2D eigenvalue weighted by Gasteiger charge is -2.36. The van der Waals surface area contributed by atoms with Crippen molar-refractivity contribution in [1.29, 1.82) is 0 Å². The molecular formula is C16H24N6O3. The molecule has 9 nitrogen and oxygen atoms in total. The number of amides is 1. The summed E-state index contributed by atoms with van der Waals surface area (Å²) in [5, 5.41) is 0. The van der Waals surface area contributed by atoms with Crippen molar-refractivity contribution in [3.8, 4) is 0 Å². The standard InChI is InChI=1S/C16H24N6O3/c1-5-22-11-12(19-14(22)23)17-10-18-13(11)20-6-8-21(9-7-20)15(24)25-16(2,3)4/h10H,5-9H2,1-4H3,(H,17,18,19,23). The van der Waals surface area contributed by atoms with Gasteiger partial charge < -0.3 is 14.5 Å². The number of fused-ring (bicyclic) bond motifs is 1. The summed E-state index contributed by atoms with van der Waals surface area (Å²) < 4.78 is 7.05. The summed E-state index contributed by atoms with van der Waals surface area (Å²) in [5.74, 6) is 0.717. The number of aromatic amines is 1. The number of nitrogens with zero attached hydrogens (tertiary/aromatic N) is 5. The molecule has 9 heteroatoms. The summed E-state index contributed by atoms with van der Waals surface area (Å²) in [4.78, 5) is 39.3. The minimum atomic E-state index is -0.505. The molecule has 0 saturated carbocycles. The fourth-order valence-corrected chi connectivity index (χ4v) is 2.94. The molecule has 2 aromatic rings. The van der Waals surface area contributed by atoms with Crippen molar-refractivity contribution in [2.45, 2.75) is 39.8 Å². The Morgan fingerprint density at radius 1 is 1.24 bits per heavy atom. The summed E-state index contributed by atoms with van der Waals surface area (Å²) in [7, 11) is 0. The van der Waals surface area contributed by atoms with Crippen molar-refractivity contribution in [3.63, 3.8) is 0 Å². The van der Waals surface area contributed by atoms with Gasteiger partial charge >= 0.3 is 11.8 Å². The third kappa shape index (κ3) is 3.45. The Bertz CT molecular complexity index is 826. The van der Waals surface area contributed by atoms with Crippen LogP contribution in [0.15, 0.2) is 11.1 Å². The van der Waals surface area contributed by atoms with E-state index in [0.717, 1.165) is 0 Å². The van der Waals surface area contributed by atoms with Crippen LogP contribution in [-0.4, -0.2) is 62.3 Å². The van der Waals surface area contributed by atoms with Crippen molar-refractivity contribution < 1.29 is 9.53 Å². The number of ether oxygens (including phenoxy) is 1. The van der Waals surface area contributed by atoms with Gasteiger partial charge in [0.25, 0.3) is 0 Å². The maximum absolute atomic E-state index is 12.2. The van der Waals surface area contributed by atoms with Gasteiger partial charge in [0, 0.05) is 32.7 Å². The Morgan fingerprint density at radius 3 is 2.52 bits per heavy atom. The van der Waals surface area contributed by atoms with Crippen molar-refractivity contribution in [3.05, 3.63) is 16.8 Å². The van der Waals surface area contributed by atoms with Gasteiger partial charge in [0.1, 0.15) is 17.4 Å². The summed E-state index contributed by atoms with van der Waals surface area (Å²) >= 11 is 0. The number of piperazine rings is 1. The first-order valence-electron chi connectivity index (χ1n) is 8.46. The van der Waals surface area contributed by atoms with Gasteiger partial charge in [-0.15, -0.1) is 0 Å². The molecule has 1 amide bonds. The maximum Gasteiger partial charge on any atom is 0.410 e. The number of carbonyl (C=O) groups is 1. The van der Waals surface area contributed by atoms with Gasteiger partial charge in [-0.1, -0.05) is 0 Å². The zero-order valence-corrected chi connectivity index (χ0v) is 15.1. The summed E-state index contributed by atoms with van der Waals surface area (Å²) in [6.45, 7) is 10.3. The quantitative estimate of drug-likeness (QED) is 0.876. The number of hydrogen-bond acceptors (Lipinski definition) is 6. The molecule has 0 unspecified atom stereocenters. The minimum Gasteiger partial charge on any atom is -0.444 e. The highest BCUT2D eigenvalue weighted by atomic mass is 16.6. The van der Waals surface area contributed by atoms with E-state index in [0.29, 0.717) is 49.7 Å². The van der Waals surface area contributed by atoms with Crippen molar-refractivity contribution in [2.75, 3.05) is 31.1 Å². The number of carbonyl (C=O) groups excluding carboxylic acids is 1. The highest BCUT2D eigenvalue weighted by Crippen LogP contribution is 2.22. The molecule has 25 heavy (non-hydrogen) atoms. The van der Waals surface area contributed by atoms with Crippen LogP contribution in [-0.2, 0) is 11.3 Å². The van der Waals surface area contributed by atoms with Gasteiger partial charge in [-0.2, -0.15) is 0 Å². The molecule has 0 bridgehead atoms. The molecule has 0 radical (unpaired) electrons. The molecule has 3 heterocycles. The minimum absolute atomic E-state index is 0.188. The first-order chi connectivity index (χ1) is 11.8. The van der Waals surface area contributed by atoms with E-state index in [1.165, 1.54) is 6.33 Å². The zero-order valence-electron chi connectivity index (χ0n) is 15.1. The van der Waals surface area contributed by atoms with Crippen LogP contribution in [0.2, 0.25) is 0 Å².